The van der Waals surface area contributed by atoms with Gasteiger partial charge in [0.2, 0.25) is 5.90 Å². The predicted octanol–water partition coefficient (Wildman–Crippen LogP) is 2.73. The van der Waals surface area contributed by atoms with Crippen molar-refractivity contribution < 1.29 is 14.3 Å². The number of aliphatic imine (C=N–C) groups is 1. The Hall–Kier alpha value is -3.74. The third kappa shape index (κ3) is 3.51. The van der Waals surface area contributed by atoms with Gasteiger partial charge < -0.3 is 9.47 Å². The number of hydrogen-bond donors (Lipinski definition) is 1. The minimum atomic E-state index is -0.463. The number of aromatic amines is 1. The molecule has 0 aliphatic carbocycles. The molecule has 0 amide bonds. The number of carbonyl (C=O) groups excluding carboxylic acids is 1. The van der Waals surface area contributed by atoms with Crippen molar-refractivity contribution in [3.05, 3.63) is 83.3 Å². The summed E-state index contributed by atoms with van der Waals surface area (Å²) in [7, 11) is 0. The summed E-state index contributed by atoms with van der Waals surface area (Å²) in [6.45, 7) is 0.327. The maximum atomic E-state index is 12.0. The summed E-state index contributed by atoms with van der Waals surface area (Å²) < 4.78 is 10.8. The number of carbonyl (C=O) groups is 1. The van der Waals surface area contributed by atoms with Crippen LogP contribution in [0.15, 0.2) is 71.5 Å². The molecular formula is C19H14N4O3. The van der Waals surface area contributed by atoms with Gasteiger partial charge in [-0.15, -0.1) is 0 Å². The average Bonchev–Trinajstić information content (AvgIpc) is 3.32. The van der Waals surface area contributed by atoms with E-state index in [0.717, 1.165) is 11.1 Å². The first-order chi connectivity index (χ1) is 12.8. The number of cyclic esters (lactones) is 1. The second-order valence-electron chi connectivity index (χ2n) is 5.52. The summed E-state index contributed by atoms with van der Waals surface area (Å²) in [4.78, 5) is 16.3. The van der Waals surface area contributed by atoms with E-state index in [0.29, 0.717) is 23.9 Å². The number of benzene rings is 2. The molecule has 2 heterocycles. The molecule has 0 saturated heterocycles. The highest BCUT2D eigenvalue weighted by Crippen LogP contribution is 2.20. The van der Waals surface area contributed by atoms with Crippen molar-refractivity contribution in [2.45, 2.75) is 6.61 Å². The lowest BCUT2D eigenvalue weighted by molar-refractivity contribution is -0.129. The minimum Gasteiger partial charge on any atom is -0.487 e. The Kier molecular flexibility index (Phi) is 4.26. The number of esters is 1. The summed E-state index contributed by atoms with van der Waals surface area (Å²) in [6, 6.07) is 16.6. The molecule has 4 rings (SSSR count). The molecule has 1 aliphatic heterocycles. The zero-order chi connectivity index (χ0) is 17.8. The van der Waals surface area contributed by atoms with Crippen LogP contribution in [0.5, 0.6) is 5.75 Å². The van der Waals surface area contributed by atoms with Gasteiger partial charge in [-0.3, -0.25) is 0 Å². The van der Waals surface area contributed by atoms with Crippen molar-refractivity contribution in [1.82, 2.24) is 15.4 Å². The molecule has 0 radical (unpaired) electrons. The molecular weight excluding hydrogens is 332 g/mol. The number of nitrogens with zero attached hydrogens (tertiary/aromatic N) is 3. The van der Waals surface area contributed by atoms with Crippen molar-refractivity contribution >= 4 is 17.9 Å². The Morgan fingerprint density at radius 3 is 2.62 bits per heavy atom. The molecule has 0 atom stereocenters. The summed E-state index contributed by atoms with van der Waals surface area (Å²) in [5.74, 6) is 0.544. The van der Waals surface area contributed by atoms with Crippen LogP contribution in [0.4, 0.5) is 0 Å². The Morgan fingerprint density at radius 2 is 1.88 bits per heavy atom. The first kappa shape index (κ1) is 15.8. The number of H-pyrrole nitrogens is 1. The third-order valence-corrected chi connectivity index (χ3v) is 3.68. The fourth-order valence-corrected chi connectivity index (χ4v) is 2.38. The van der Waals surface area contributed by atoms with Crippen molar-refractivity contribution in [3.8, 4) is 5.75 Å². The Labute approximate surface area is 149 Å². The molecule has 7 nitrogen and oxygen atoms in total. The van der Waals surface area contributed by atoms with Gasteiger partial charge in [-0.1, -0.05) is 30.3 Å². The van der Waals surface area contributed by atoms with Gasteiger partial charge in [0.25, 0.3) is 0 Å². The van der Waals surface area contributed by atoms with E-state index in [9.17, 15) is 4.79 Å². The summed E-state index contributed by atoms with van der Waals surface area (Å²) in [5, 5.41) is 10.2. The van der Waals surface area contributed by atoms with Crippen LogP contribution < -0.4 is 4.74 Å². The summed E-state index contributed by atoms with van der Waals surface area (Å²) in [6.07, 6.45) is 3.28. The molecule has 128 valence electrons. The number of ether oxygens (including phenoxy) is 2. The second kappa shape index (κ2) is 7.02. The molecule has 0 saturated carbocycles. The van der Waals surface area contributed by atoms with Gasteiger partial charge >= 0.3 is 5.97 Å². The smallest absolute Gasteiger partial charge is 0.363 e. The molecule has 0 spiro atoms. The van der Waals surface area contributed by atoms with Crippen LogP contribution in [0, 0.1) is 0 Å². The Morgan fingerprint density at radius 1 is 1.08 bits per heavy atom. The molecule has 2 aromatic carbocycles. The normalized spacial score (nSPS) is 15.0. The monoisotopic (exact) mass is 346 g/mol. The maximum Gasteiger partial charge on any atom is 0.363 e. The maximum absolute atomic E-state index is 12.0. The van der Waals surface area contributed by atoms with E-state index in [-0.39, 0.29) is 5.70 Å². The average molecular weight is 346 g/mol. The first-order valence-corrected chi connectivity index (χ1v) is 7.93. The van der Waals surface area contributed by atoms with Crippen LogP contribution >= 0.6 is 0 Å². The van der Waals surface area contributed by atoms with Crippen LogP contribution in [-0.2, 0) is 16.1 Å². The highest BCUT2D eigenvalue weighted by Gasteiger charge is 2.23. The lowest BCUT2D eigenvalue weighted by atomic mass is 10.2. The zero-order valence-electron chi connectivity index (χ0n) is 13.6. The number of rotatable bonds is 5. The molecule has 7 heteroatoms. The Balaban J connectivity index is 1.47. The van der Waals surface area contributed by atoms with Crippen molar-refractivity contribution in [1.29, 1.82) is 0 Å². The van der Waals surface area contributed by atoms with Crippen LogP contribution in [-0.4, -0.2) is 27.3 Å². The standard InChI is InChI=1S/C19H14N4O3/c24-19-17(21-18(26-19)14-4-2-1-3-5-14)10-13-6-8-16(9-7-13)25-12-15-11-20-23-22-15/h1-11H,12H2,(H,20,22,23). The van der Waals surface area contributed by atoms with Gasteiger partial charge in [0.05, 0.1) is 6.20 Å². The second-order valence-corrected chi connectivity index (χ2v) is 5.52. The molecule has 1 N–H and O–H groups in total. The predicted molar refractivity (Wildman–Crippen MR) is 94.2 cm³/mol. The third-order valence-electron chi connectivity index (χ3n) is 3.68. The van der Waals surface area contributed by atoms with Crippen LogP contribution in [0.2, 0.25) is 0 Å². The summed E-state index contributed by atoms with van der Waals surface area (Å²) in [5.41, 5.74) is 2.57. The molecule has 1 aromatic heterocycles. The lowest BCUT2D eigenvalue weighted by Crippen LogP contribution is -2.04. The topological polar surface area (TPSA) is 89.5 Å². The van der Waals surface area contributed by atoms with Gasteiger partial charge in [0, 0.05) is 5.56 Å². The molecule has 3 aromatic rings. The van der Waals surface area contributed by atoms with Crippen LogP contribution in [0.3, 0.4) is 0 Å². The van der Waals surface area contributed by atoms with Crippen LogP contribution in [0.1, 0.15) is 16.8 Å². The first-order valence-electron chi connectivity index (χ1n) is 7.93. The highest BCUT2D eigenvalue weighted by atomic mass is 16.6. The molecule has 0 unspecified atom stereocenters. The number of aromatic nitrogens is 3. The largest absolute Gasteiger partial charge is 0.487 e. The van der Waals surface area contributed by atoms with Crippen LogP contribution in [0.25, 0.3) is 6.08 Å². The molecule has 1 aliphatic rings. The van der Waals surface area contributed by atoms with Gasteiger partial charge in [-0.2, -0.15) is 15.4 Å². The van der Waals surface area contributed by atoms with E-state index in [4.69, 9.17) is 9.47 Å². The Bertz CT molecular complexity index is 962. The number of nitrogens with one attached hydrogen (secondary N) is 1. The molecule has 0 fully saturated rings. The molecule has 26 heavy (non-hydrogen) atoms. The van der Waals surface area contributed by atoms with E-state index in [1.165, 1.54) is 0 Å². The van der Waals surface area contributed by atoms with Gasteiger partial charge in [-0.05, 0) is 35.9 Å². The van der Waals surface area contributed by atoms with E-state index >= 15 is 0 Å². The van der Waals surface area contributed by atoms with E-state index in [1.54, 1.807) is 12.3 Å². The molecule has 0 bridgehead atoms. The van der Waals surface area contributed by atoms with E-state index < -0.39 is 5.97 Å². The SMILES string of the molecule is O=C1OC(c2ccccc2)=NC1=Cc1ccc(OCc2cn[nH]n2)cc1. The van der Waals surface area contributed by atoms with Gasteiger partial charge in [0.1, 0.15) is 18.1 Å². The van der Waals surface area contributed by atoms with Gasteiger partial charge in [0.15, 0.2) is 5.70 Å². The van der Waals surface area contributed by atoms with Crippen molar-refractivity contribution in [2.24, 2.45) is 4.99 Å². The lowest BCUT2D eigenvalue weighted by Gasteiger charge is -2.03. The highest BCUT2D eigenvalue weighted by molar-refractivity contribution is 6.12. The van der Waals surface area contributed by atoms with Gasteiger partial charge in [-0.25, -0.2) is 9.79 Å². The van der Waals surface area contributed by atoms with E-state index in [2.05, 4.69) is 20.4 Å². The van der Waals surface area contributed by atoms with E-state index in [1.807, 2.05) is 54.6 Å². The minimum absolute atomic E-state index is 0.264. The van der Waals surface area contributed by atoms with Crippen molar-refractivity contribution in [3.63, 3.8) is 0 Å². The zero-order valence-corrected chi connectivity index (χ0v) is 13.6. The number of hydrogen-bond acceptors (Lipinski definition) is 6. The fourth-order valence-electron chi connectivity index (χ4n) is 2.38. The summed E-state index contributed by atoms with van der Waals surface area (Å²) >= 11 is 0. The van der Waals surface area contributed by atoms with Crippen molar-refractivity contribution in [2.75, 3.05) is 0 Å². The quantitative estimate of drug-likeness (QED) is 0.567. The fraction of sp³-hybridized carbons (Fsp3) is 0.0526.